The lowest BCUT2D eigenvalue weighted by Gasteiger charge is -2.24. The second kappa shape index (κ2) is 4.19. The van der Waals surface area contributed by atoms with Crippen LogP contribution >= 0.6 is 0 Å². The smallest absolute Gasteiger partial charge is 0.0308 e. The van der Waals surface area contributed by atoms with E-state index in [9.17, 15) is 0 Å². The Balaban J connectivity index is 2.56. The predicted octanol–water partition coefficient (Wildman–Crippen LogP) is 2.07. The molecular formula is C10H18N2. The molecule has 2 nitrogen and oxygen atoms in total. The molecule has 0 radical (unpaired) electrons. The average molecular weight is 166 g/mol. The van der Waals surface area contributed by atoms with Crippen LogP contribution in [0.25, 0.3) is 0 Å². The van der Waals surface area contributed by atoms with Crippen LogP contribution in [0.1, 0.15) is 26.2 Å². The molecule has 0 aromatic heterocycles. The first-order chi connectivity index (χ1) is 5.77. The van der Waals surface area contributed by atoms with E-state index in [1.54, 1.807) is 0 Å². The van der Waals surface area contributed by atoms with Crippen molar-refractivity contribution in [3.63, 3.8) is 0 Å². The standard InChI is InChI=1S/C10H18N2/c1-4-5-10-7-6-9(11-2)8-12(10)3/h7-8,11H,4-6H2,1-3H3. The summed E-state index contributed by atoms with van der Waals surface area (Å²) < 4.78 is 0. The van der Waals surface area contributed by atoms with Gasteiger partial charge in [-0.3, -0.25) is 0 Å². The molecule has 1 rings (SSSR count). The minimum absolute atomic E-state index is 1.05. The molecule has 12 heavy (non-hydrogen) atoms. The molecule has 0 saturated carbocycles. The molecule has 0 atom stereocenters. The van der Waals surface area contributed by atoms with Gasteiger partial charge in [0.15, 0.2) is 0 Å². The lowest BCUT2D eigenvalue weighted by Crippen LogP contribution is -2.19. The minimum Gasteiger partial charge on any atom is -0.390 e. The molecule has 0 saturated heterocycles. The summed E-state index contributed by atoms with van der Waals surface area (Å²) in [6.07, 6.45) is 7.93. The van der Waals surface area contributed by atoms with Crippen molar-refractivity contribution >= 4 is 0 Å². The van der Waals surface area contributed by atoms with Crippen molar-refractivity contribution in [2.24, 2.45) is 0 Å². The second-order valence-corrected chi connectivity index (χ2v) is 3.16. The van der Waals surface area contributed by atoms with Gasteiger partial charge in [0.1, 0.15) is 0 Å². The zero-order valence-corrected chi connectivity index (χ0v) is 8.22. The molecule has 0 aromatic carbocycles. The van der Waals surface area contributed by atoms with Gasteiger partial charge in [-0.2, -0.15) is 0 Å². The molecule has 0 fully saturated rings. The van der Waals surface area contributed by atoms with Crippen LogP contribution in [0.5, 0.6) is 0 Å². The highest BCUT2D eigenvalue weighted by Crippen LogP contribution is 2.18. The van der Waals surface area contributed by atoms with Crippen LogP contribution in [-0.2, 0) is 0 Å². The maximum Gasteiger partial charge on any atom is 0.0308 e. The fourth-order valence-corrected chi connectivity index (χ4v) is 1.44. The van der Waals surface area contributed by atoms with Gasteiger partial charge in [0.2, 0.25) is 0 Å². The number of nitrogens with one attached hydrogen (secondary N) is 1. The van der Waals surface area contributed by atoms with Crippen molar-refractivity contribution in [2.45, 2.75) is 26.2 Å². The van der Waals surface area contributed by atoms with Crippen molar-refractivity contribution in [3.8, 4) is 0 Å². The molecule has 0 bridgehead atoms. The first-order valence-corrected chi connectivity index (χ1v) is 4.58. The lowest BCUT2D eigenvalue weighted by molar-refractivity contribution is 0.509. The topological polar surface area (TPSA) is 15.3 Å². The van der Waals surface area contributed by atoms with Crippen molar-refractivity contribution in [3.05, 3.63) is 23.7 Å². The molecular weight excluding hydrogens is 148 g/mol. The Morgan fingerprint density at radius 1 is 1.58 bits per heavy atom. The molecule has 0 spiro atoms. The zero-order chi connectivity index (χ0) is 8.97. The SMILES string of the molecule is CCCC1=CCC(NC)=CN1C. The van der Waals surface area contributed by atoms with Crippen LogP contribution in [-0.4, -0.2) is 19.0 Å². The summed E-state index contributed by atoms with van der Waals surface area (Å²) in [5, 5.41) is 3.17. The first kappa shape index (κ1) is 9.17. The third-order valence-electron chi connectivity index (χ3n) is 2.19. The van der Waals surface area contributed by atoms with Crippen LogP contribution in [0.15, 0.2) is 23.7 Å². The van der Waals surface area contributed by atoms with Gasteiger partial charge in [0.25, 0.3) is 0 Å². The van der Waals surface area contributed by atoms with Crippen molar-refractivity contribution in [2.75, 3.05) is 14.1 Å². The van der Waals surface area contributed by atoms with Crippen LogP contribution in [0.2, 0.25) is 0 Å². The van der Waals surface area contributed by atoms with Gasteiger partial charge < -0.3 is 10.2 Å². The summed E-state index contributed by atoms with van der Waals surface area (Å²) in [7, 11) is 4.08. The van der Waals surface area contributed by atoms with Gasteiger partial charge in [-0.05, 0) is 6.42 Å². The molecule has 1 aliphatic heterocycles. The van der Waals surface area contributed by atoms with Gasteiger partial charge in [-0.1, -0.05) is 19.4 Å². The van der Waals surface area contributed by atoms with Crippen molar-refractivity contribution < 1.29 is 0 Å². The summed E-state index contributed by atoms with van der Waals surface area (Å²) in [5.41, 5.74) is 2.73. The molecule has 2 heteroatoms. The summed E-state index contributed by atoms with van der Waals surface area (Å²) >= 11 is 0. The van der Waals surface area contributed by atoms with E-state index in [1.807, 2.05) is 7.05 Å². The van der Waals surface area contributed by atoms with E-state index >= 15 is 0 Å². The van der Waals surface area contributed by atoms with E-state index < -0.39 is 0 Å². The van der Waals surface area contributed by atoms with Gasteiger partial charge in [0.05, 0.1) is 0 Å². The van der Waals surface area contributed by atoms with E-state index in [2.05, 4.69) is 36.5 Å². The Hall–Kier alpha value is -0.920. The molecule has 1 heterocycles. The van der Waals surface area contributed by atoms with Crippen LogP contribution in [0.4, 0.5) is 0 Å². The highest BCUT2D eigenvalue weighted by atomic mass is 15.1. The Labute approximate surface area is 74.9 Å². The molecule has 0 amide bonds. The van der Waals surface area contributed by atoms with Gasteiger partial charge >= 0.3 is 0 Å². The third-order valence-corrected chi connectivity index (χ3v) is 2.19. The molecule has 0 unspecified atom stereocenters. The number of allylic oxidation sites excluding steroid dienone is 2. The quantitative estimate of drug-likeness (QED) is 0.690. The fraction of sp³-hybridized carbons (Fsp3) is 0.600. The van der Waals surface area contributed by atoms with Crippen molar-refractivity contribution in [1.29, 1.82) is 0 Å². The zero-order valence-electron chi connectivity index (χ0n) is 8.22. The monoisotopic (exact) mass is 166 g/mol. The summed E-state index contributed by atoms with van der Waals surface area (Å²) in [6, 6.07) is 0. The Kier molecular flexibility index (Phi) is 3.20. The van der Waals surface area contributed by atoms with Crippen LogP contribution < -0.4 is 5.32 Å². The Morgan fingerprint density at radius 2 is 2.33 bits per heavy atom. The summed E-state index contributed by atoms with van der Waals surface area (Å²) in [5.74, 6) is 0. The number of hydrogen-bond acceptors (Lipinski definition) is 2. The normalized spacial score (nSPS) is 17.1. The number of hydrogen-bond donors (Lipinski definition) is 1. The van der Waals surface area contributed by atoms with E-state index in [-0.39, 0.29) is 0 Å². The summed E-state index contributed by atoms with van der Waals surface area (Å²) in [4.78, 5) is 2.21. The van der Waals surface area contributed by atoms with E-state index in [4.69, 9.17) is 0 Å². The van der Waals surface area contributed by atoms with Crippen molar-refractivity contribution in [1.82, 2.24) is 10.2 Å². The number of nitrogens with zero attached hydrogens (tertiary/aromatic N) is 1. The van der Waals surface area contributed by atoms with Gasteiger partial charge in [-0.25, -0.2) is 0 Å². The minimum atomic E-state index is 1.05. The highest BCUT2D eigenvalue weighted by Gasteiger charge is 2.07. The maximum absolute atomic E-state index is 3.17. The molecule has 0 aromatic rings. The van der Waals surface area contributed by atoms with Gasteiger partial charge in [-0.15, -0.1) is 0 Å². The lowest BCUT2D eigenvalue weighted by atomic mass is 10.1. The van der Waals surface area contributed by atoms with E-state index in [0.717, 1.165) is 6.42 Å². The predicted molar refractivity (Wildman–Crippen MR) is 52.5 cm³/mol. The van der Waals surface area contributed by atoms with Crippen LogP contribution in [0, 0.1) is 0 Å². The van der Waals surface area contributed by atoms with E-state index in [1.165, 1.54) is 24.2 Å². The maximum atomic E-state index is 3.17. The molecule has 1 aliphatic rings. The first-order valence-electron chi connectivity index (χ1n) is 4.58. The Morgan fingerprint density at radius 3 is 2.83 bits per heavy atom. The van der Waals surface area contributed by atoms with E-state index in [0.29, 0.717) is 0 Å². The Bertz CT molecular complexity index is 204. The molecule has 1 N–H and O–H groups in total. The second-order valence-electron chi connectivity index (χ2n) is 3.16. The van der Waals surface area contributed by atoms with Gasteiger partial charge in [0, 0.05) is 38.1 Å². The molecule has 0 aliphatic carbocycles. The molecule has 68 valence electrons. The average Bonchev–Trinajstić information content (AvgIpc) is 2.09. The third kappa shape index (κ3) is 2.03. The highest BCUT2D eigenvalue weighted by molar-refractivity contribution is 5.17. The summed E-state index contributed by atoms with van der Waals surface area (Å²) in [6.45, 7) is 2.21. The number of rotatable bonds is 3. The largest absolute Gasteiger partial charge is 0.390 e. The van der Waals surface area contributed by atoms with Crippen LogP contribution in [0.3, 0.4) is 0 Å². The fourth-order valence-electron chi connectivity index (χ4n) is 1.44.